The lowest BCUT2D eigenvalue weighted by Gasteiger charge is -2.44. The third-order valence-corrected chi connectivity index (χ3v) is 7.31. The number of benzene rings is 1. The van der Waals surface area contributed by atoms with Crippen molar-refractivity contribution in [2.45, 2.75) is 50.7 Å². The number of piperidine rings is 1. The SMILES string of the molecule is CCO[C@H]1[C@H](NC(=O)c2cccnc2)c2ccccc2C12CCN(C(=O)Cc1nonc1C)CC2. The first-order valence-electron chi connectivity index (χ1n) is 12.0. The number of ether oxygens (including phenoxy) is 1. The van der Waals surface area contributed by atoms with Crippen molar-refractivity contribution >= 4 is 11.8 Å². The first-order chi connectivity index (χ1) is 17.0. The van der Waals surface area contributed by atoms with E-state index in [9.17, 15) is 9.59 Å². The molecule has 9 heteroatoms. The van der Waals surface area contributed by atoms with Crippen molar-refractivity contribution < 1.29 is 19.0 Å². The van der Waals surface area contributed by atoms with Crippen LogP contribution in [0.4, 0.5) is 0 Å². The molecule has 2 atom stereocenters. The van der Waals surface area contributed by atoms with Crippen molar-refractivity contribution in [2.75, 3.05) is 19.7 Å². The summed E-state index contributed by atoms with van der Waals surface area (Å²) in [4.78, 5) is 32.0. The molecule has 0 bridgehead atoms. The normalized spacial score (nSPS) is 20.6. The molecule has 3 aromatic rings. The summed E-state index contributed by atoms with van der Waals surface area (Å²) in [5.74, 6) is -0.164. The Hall–Kier alpha value is -3.59. The number of rotatable bonds is 6. The Bertz CT molecular complexity index is 1200. The van der Waals surface area contributed by atoms with Gasteiger partial charge < -0.3 is 15.0 Å². The van der Waals surface area contributed by atoms with Gasteiger partial charge in [-0.3, -0.25) is 14.6 Å². The molecule has 1 N–H and O–H groups in total. The summed E-state index contributed by atoms with van der Waals surface area (Å²) in [6.07, 6.45) is 4.65. The second-order valence-corrected chi connectivity index (χ2v) is 9.17. The third-order valence-electron chi connectivity index (χ3n) is 7.31. The standard InChI is InChI=1S/C26H29N5O4/c1-3-34-24-23(28-25(33)18-7-6-12-27-16-18)19-8-4-5-9-20(19)26(24)10-13-31(14-11-26)22(32)15-21-17(2)29-35-30-21/h4-9,12,16,23-24H,3,10-11,13-15H2,1-2H3,(H,28,33)/t23-,24+/m1/s1. The number of carbonyl (C=O) groups excluding carboxylic acids is 2. The summed E-state index contributed by atoms with van der Waals surface area (Å²) in [6, 6.07) is 11.5. The maximum absolute atomic E-state index is 13.1. The quantitative estimate of drug-likeness (QED) is 0.584. The van der Waals surface area contributed by atoms with Crippen LogP contribution in [0.15, 0.2) is 53.4 Å². The number of likely N-dealkylation sites (tertiary alicyclic amines) is 1. The van der Waals surface area contributed by atoms with E-state index in [2.05, 4.69) is 32.7 Å². The minimum atomic E-state index is -0.290. The van der Waals surface area contributed by atoms with Crippen LogP contribution >= 0.6 is 0 Å². The smallest absolute Gasteiger partial charge is 0.253 e. The molecule has 35 heavy (non-hydrogen) atoms. The van der Waals surface area contributed by atoms with Crippen LogP contribution < -0.4 is 5.32 Å². The fourth-order valence-corrected chi connectivity index (χ4v) is 5.54. The van der Waals surface area contributed by atoms with Crippen molar-refractivity contribution in [1.29, 1.82) is 0 Å². The van der Waals surface area contributed by atoms with Crippen molar-refractivity contribution in [3.63, 3.8) is 0 Å². The molecule has 3 heterocycles. The minimum absolute atomic E-state index is 0.0133. The van der Waals surface area contributed by atoms with E-state index >= 15 is 0 Å². The van der Waals surface area contributed by atoms with Gasteiger partial charge in [0.1, 0.15) is 11.4 Å². The average molecular weight is 476 g/mol. The highest BCUT2D eigenvalue weighted by Crippen LogP contribution is 2.52. The van der Waals surface area contributed by atoms with Crippen molar-refractivity contribution in [1.82, 2.24) is 25.5 Å². The Balaban J connectivity index is 1.39. The molecule has 1 fully saturated rings. The fraction of sp³-hybridized carbons (Fsp3) is 0.423. The Morgan fingerprint density at radius 2 is 1.97 bits per heavy atom. The van der Waals surface area contributed by atoms with Crippen molar-refractivity contribution in [3.05, 3.63) is 76.9 Å². The number of pyridine rings is 1. The summed E-state index contributed by atoms with van der Waals surface area (Å²) < 4.78 is 11.1. The summed E-state index contributed by atoms with van der Waals surface area (Å²) >= 11 is 0. The van der Waals surface area contributed by atoms with Crippen LogP contribution in [-0.4, -0.2) is 57.8 Å². The summed E-state index contributed by atoms with van der Waals surface area (Å²) in [5.41, 5.74) is 3.71. The molecule has 1 aromatic carbocycles. The summed E-state index contributed by atoms with van der Waals surface area (Å²) in [6.45, 7) is 5.49. The molecule has 0 unspecified atom stereocenters. The van der Waals surface area contributed by atoms with Crippen LogP contribution in [0.3, 0.4) is 0 Å². The minimum Gasteiger partial charge on any atom is -0.375 e. The van der Waals surface area contributed by atoms with Gasteiger partial charge in [-0.1, -0.05) is 34.6 Å². The van der Waals surface area contributed by atoms with Gasteiger partial charge in [-0.05, 0) is 49.9 Å². The largest absolute Gasteiger partial charge is 0.375 e. The number of hydrogen-bond acceptors (Lipinski definition) is 7. The van der Waals surface area contributed by atoms with Crippen LogP contribution in [-0.2, 0) is 21.4 Å². The number of hydrogen-bond donors (Lipinski definition) is 1. The lowest BCUT2D eigenvalue weighted by atomic mass is 9.71. The molecule has 0 saturated carbocycles. The number of aryl methyl sites for hydroxylation is 1. The molecule has 2 amide bonds. The van der Waals surface area contributed by atoms with E-state index in [-0.39, 0.29) is 35.8 Å². The molecule has 2 aromatic heterocycles. The van der Waals surface area contributed by atoms with E-state index in [0.29, 0.717) is 36.6 Å². The lowest BCUT2D eigenvalue weighted by Crippen LogP contribution is -2.52. The maximum Gasteiger partial charge on any atom is 0.253 e. The first kappa shape index (κ1) is 23.2. The van der Waals surface area contributed by atoms with Crippen LogP contribution in [0, 0.1) is 6.92 Å². The van der Waals surface area contributed by atoms with E-state index in [4.69, 9.17) is 9.37 Å². The molecule has 5 rings (SSSR count). The average Bonchev–Trinajstić information content (AvgIpc) is 3.40. The summed E-state index contributed by atoms with van der Waals surface area (Å²) in [7, 11) is 0. The predicted octanol–water partition coefficient (Wildman–Crippen LogP) is 2.77. The van der Waals surface area contributed by atoms with E-state index in [1.54, 1.807) is 31.5 Å². The van der Waals surface area contributed by atoms with E-state index < -0.39 is 0 Å². The van der Waals surface area contributed by atoms with Gasteiger partial charge in [-0.2, -0.15) is 0 Å². The van der Waals surface area contributed by atoms with Gasteiger partial charge in [-0.15, -0.1) is 0 Å². The summed E-state index contributed by atoms with van der Waals surface area (Å²) in [5, 5.41) is 10.8. The van der Waals surface area contributed by atoms with Gasteiger partial charge in [0, 0.05) is 37.5 Å². The zero-order chi connectivity index (χ0) is 24.4. The molecule has 9 nitrogen and oxygen atoms in total. The van der Waals surface area contributed by atoms with Gasteiger partial charge in [0.05, 0.1) is 24.1 Å². The monoisotopic (exact) mass is 475 g/mol. The van der Waals surface area contributed by atoms with Gasteiger partial charge in [0.25, 0.3) is 5.91 Å². The number of amides is 2. The second-order valence-electron chi connectivity index (χ2n) is 9.17. The van der Waals surface area contributed by atoms with Gasteiger partial charge in [-0.25, -0.2) is 4.63 Å². The van der Waals surface area contributed by atoms with Gasteiger partial charge in [0.2, 0.25) is 5.91 Å². The number of nitrogens with one attached hydrogen (secondary N) is 1. The van der Waals surface area contributed by atoms with E-state index in [1.165, 1.54) is 5.56 Å². The Labute approximate surface area is 203 Å². The van der Waals surface area contributed by atoms with Crippen LogP contribution in [0.2, 0.25) is 0 Å². The van der Waals surface area contributed by atoms with Crippen molar-refractivity contribution in [2.24, 2.45) is 0 Å². The topological polar surface area (TPSA) is 110 Å². The molecule has 182 valence electrons. The Kier molecular flexibility index (Phi) is 6.34. The molecule has 1 aliphatic carbocycles. The van der Waals surface area contributed by atoms with Crippen LogP contribution in [0.5, 0.6) is 0 Å². The predicted molar refractivity (Wildman–Crippen MR) is 127 cm³/mol. The molecule has 1 spiro atoms. The molecule has 2 aliphatic rings. The molecular formula is C26H29N5O4. The van der Waals surface area contributed by atoms with Crippen molar-refractivity contribution in [3.8, 4) is 0 Å². The molecule has 0 radical (unpaired) electrons. The lowest BCUT2D eigenvalue weighted by molar-refractivity contribution is -0.133. The Morgan fingerprint density at radius 1 is 1.17 bits per heavy atom. The van der Waals surface area contributed by atoms with Gasteiger partial charge >= 0.3 is 0 Å². The zero-order valence-electron chi connectivity index (χ0n) is 19.9. The number of nitrogens with zero attached hydrogens (tertiary/aromatic N) is 4. The fourth-order valence-electron chi connectivity index (χ4n) is 5.54. The van der Waals surface area contributed by atoms with E-state index in [1.807, 2.05) is 24.0 Å². The molecule has 1 aliphatic heterocycles. The highest BCUT2D eigenvalue weighted by Gasteiger charge is 2.54. The number of fused-ring (bicyclic) bond motifs is 2. The molecule has 1 saturated heterocycles. The second kappa shape index (κ2) is 9.58. The third kappa shape index (κ3) is 4.20. The van der Waals surface area contributed by atoms with E-state index in [0.717, 1.165) is 18.4 Å². The Morgan fingerprint density at radius 3 is 2.66 bits per heavy atom. The molecular weight excluding hydrogens is 446 g/mol. The highest BCUT2D eigenvalue weighted by molar-refractivity contribution is 5.94. The first-order valence-corrected chi connectivity index (χ1v) is 12.0. The number of aromatic nitrogens is 3. The van der Waals surface area contributed by atoms with Crippen LogP contribution in [0.25, 0.3) is 0 Å². The highest BCUT2D eigenvalue weighted by atomic mass is 16.6. The maximum atomic E-state index is 13.1. The number of carbonyl (C=O) groups is 2. The zero-order valence-corrected chi connectivity index (χ0v) is 19.9. The van der Waals surface area contributed by atoms with Gasteiger partial charge in [0.15, 0.2) is 0 Å². The van der Waals surface area contributed by atoms with Crippen LogP contribution in [0.1, 0.15) is 58.7 Å².